The third-order valence-corrected chi connectivity index (χ3v) is 29.1. The van der Waals surface area contributed by atoms with Crippen LogP contribution in [-0.2, 0) is 43.8 Å². The molecule has 0 amide bonds. The van der Waals surface area contributed by atoms with Crippen molar-refractivity contribution in [2.75, 3.05) is 13.2 Å². The Morgan fingerprint density at radius 2 is 0.735 bits per heavy atom. The number of hydrogen-bond acceptors (Lipinski definition) is 10. The molecule has 0 spiro atoms. The highest BCUT2D eigenvalue weighted by atomic mass is 28.5. The van der Waals surface area contributed by atoms with E-state index in [1.54, 1.807) is 6.92 Å². The van der Waals surface area contributed by atoms with Gasteiger partial charge in [0.15, 0.2) is 49.9 Å². The van der Waals surface area contributed by atoms with Crippen molar-refractivity contribution in [2.24, 2.45) is 0 Å². The van der Waals surface area contributed by atoms with Crippen LogP contribution >= 0.6 is 0 Å². The van der Waals surface area contributed by atoms with Gasteiger partial charge >= 0.3 is 29.5 Å². The fraction of sp³-hybridized carbons (Fsp3) is 0.806. The van der Waals surface area contributed by atoms with Gasteiger partial charge in [0.05, 0.1) is 13.2 Å². The lowest BCUT2D eigenvalue weighted by atomic mass is 10.4. The second-order valence-electron chi connectivity index (χ2n) is 18.1. The zero-order valence-electron chi connectivity index (χ0n) is 34.8. The quantitative estimate of drug-likeness (QED) is 0.0453. The molecule has 0 aromatic carbocycles. The van der Waals surface area contributed by atoms with Gasteiger partial charge in [-0.2, -0.15) is 0 Å². The van der Waals surface area contributed by atoms with E-state index in [0.717, 1.165) is 0 Å². The van der Waals surface area contributed by atoms with Crippen molar-refractivity contribution in [1.29, 1.82) is 0 Å². The number of carbonyl (C=O) groups excluding carboxylic acids is 2. The van der Waals surface area contributed by atoms with Crippen LogP contribution in [0, 0.1) is 0 Å². The summed E-state index contributed by atoms with van der Waals surface area (Å²) in [5, 5.41) is 0. The molecule has 0 heterocycles. The summed E-state index contributed by atoms with van der Waals surface area (Å²) in [7, 11) is -16.8. The van der Waals surface area contributed by atoms with E-state index in [0.29, 0.717) is 43.7 Å². The first-order chi connectivity index (χ1) is 21.5. The molecule has 0 aliphatic rings. The van der Waals surface area contributed by atoms with Crippen molar-refractivity contribution in [3.63, 3.8) is 0 Å². The second kappa shape index (κ2) is 20.4. The lowest BCUT2D eigenvalue weighted by Gasteiger charge is -2.43. The predicted molar refractivity (Wildman–Crippen MR) is 224 cm³/mol. The third kappa shape index (κ3) is 30.1. The number of esters is 2. The molecule has 0 N–H and O–H groups in total. The molecule has 49 heavy (non-hydrogen) atoms. The predicted octanol–water partition coefficient (Wildman–Crippen LogP) is 9.59. The Morgan fingerprint density at radius 1 is 0.490 bits per heavy atom. The molecule has 0 fully saturated rings. The van der Waals surface area contributed by atoms with Crippen molar-refractivity contribution in [3.8, 4) is 0 Å². The van der Waals surface area contributed by atoms with Crippen molar-refractivity contribution < 1.29 is 43.8 Å². The van der Waals surface area contributed by atoms with Crippen LogP contribution in [0.15, 0.2) is 24.8 Å². The van der Waals surface area contributed by atoms with Crippen LogP contribution in [0.1, 0.15) is 19.8 Å². The van der Waals surface area contributed by atoms with Crippen LogP contribution < -0.4 is 0 Å². The number of rotatable bonds is 22. The third-order valence-electron chi connectivity index (χ3n) is 5.02. The SMILES string of the molecule is C=C(C)C(=O)OCCC[Si](O[Si](C)(C)C)(O[Si](C)(C)C)O[Si](C)(C)C.C=CC(=O)OCCC[Si](O[Si](C)(C)C)(O[Si](C)(C)C)O[Si](C)(C)C. The average molecular weight is 832 g/mol. The van der Waals surface area contributed by atoms with Gasteiger partial charge in [-0.15, -0.1) is 0 Å². The van der Waals surface area contributed by atoms with Crippen LogP contribution in [-0.4, -0.2) is 92.7 Å². The Morgan fingerprint density at radius 3 is 0.939 bits per heavy atom. The van der Waals surface area contributed by atoms with Crippen molar-refractivity contribution >= 4 is 79.5 Å². The van der Waals surface area contributed by atoms with E-state index in [-0.39, 0.29) is 5.97 Å². The van der Waals surface area contributed by atoms with Crippen molar-refractivity contribution in [1.82, 2.24) is 0 Å². The number of ether oxygens (including phenoxy) is 2. The first-order valence-electron chi connectivity index (χ1n) is 17.4. The molecule has 0 saturated carbocycles. The Kier molecular flexibility index (Phi) is 21.2. The monoisotopic (exact) mass is 830 g/mol. The Hall–Kier alpha value is -0.0849. The van der Waals surface area contributed by atoms with E-state index in [9.17, 15) is 9.59 Å². The maximum atomic E-state index is 11.6. The van der Waals surface area contributed by atoms with E-state index >= 15 is 0 Å². The molecule has 0 aliphatic heterocycles. The maximum absolute atomic E-state index is 11.6. The van der Waals surface area contributed by atoms with Crippen LogP contribution in [0.5, 0.6) is 0 Å². The smallest absolute Gasteiger partial charge is 0.463 e. The van der Waals surface area contributed by atoms with E-state index in [4.69, 9.17) is 34.2 Å². The highest BCUT2D eigenvalue weighted by molar-refractivity contribution is 6.91. The molecule has 10 nitrogen and oxygen atoms in total. The molecule has 0 radical (unpaired) electrons. The van der Waals surface area contributed by atoms with Gasteiger partial charge in [-0.1, -0.05) is 13.2 Å². The molecule has 18 heteroatoms. The number of carbonyl (C=O) groups is 2. The molecule has 0 unspecified atom stereocenters. The van der Waals surface area contributed by atoms with E-state index in [2.05, 4.69) is 131 Å². The van der Waals surface area contributed by atoms with Crippen LogP contribution in [0.4, 0.5) is 0 Å². The van der Waals surface area contributed by atoms with Gasteiger partial charge in [0.25, 0.3) is 0 Å². The Labute approximate surface area is 309 Å². The lowest BCUT2D eigenvalue weighted by Crippen LogP contribution is -2.60. The Bertz CT molecular complexity index is 966. The van der Waals surface area contributed by atoms with Gasteiger partial charge in [0, 0.05) is 23.7 Å². The normalized spacial score (nSPS) is 13.7. The second-order valence-corrected chi connectivity index (χ2v) is 52.1. The molecule has 0 atom stereocenters. The fourth-order valence-corrected chi connectivity index (χ4v) is 33.6. The molecule has 0 aliphatic carbocycles. The van der Waals surface area contributed by atoms with E-state index < -0.39 is 73.5 Å². The molecule has 0 rings (SSSR count). The molecule has 0 saturated heterocycles. The van der Waals surface area contributed by atoms with Crippen LogP contribution in [0.2, 0.25) is 130 Å². The lowest BCUT2D eigenvalue weighted by molar-refractivity contribution is -0.139. The highest BCUT2D eigenvalue weighted by Crippen LogP contribution is 2.31. The van der Waals surface area contributed by atoms with Gasteiger partial charge in [0.2, 0.25) is 0 Å². The molecule has 0 bridgehead atoms. The Balaban J connectivity index is 0. The topological polar surface area (TPSA) is 108 Å². The van der Waals surface area contributed by atoms with Gasteiger partial charge < -0.3 is 34.2 Å². The zero-order chi connectivity index (χ0) is 39.3. The van der Waals surface area contributed by atoms with Crippen LogP contribution in [0.3, 0.4) is 0 Å². The molecule has 0 aromatic rings. The summed E-state index contributed by atoms with van der Waals surface area (Å²) in [6.07, 6.45) is 2.52. The standard InChI is InChI=1S/C16H38O5Si4.C15H36O5Si4/c1-15(2)16(17)18-13-12-14-25(19-22(3,4)5,20-23(6,7)8)21-24(9,10)11;1-11-15(16)17-13-12-14-24(18-21(2,3)4,19-22(5,6)7)20-23(8,9)10/h1,12-14H2,2-11H3;11H,1,12-14H2,2-10H3. The minimum Gasteiger partial charge on any atom is -0.463 e. The molecular weight excluding hydrogens is 757 g/mol. The fourth-order valence-electron chi connectivity index (χ4n) is 4.33. The minimum atomic E-state index is -2.83. The van der Waals surface area contributed by atoms with Crippen LogP contribution in [0.25, 0.3) is 0 Å². The molecule has 290 valence electrons. The summed E-state index contributed by atoms with van der Waals surface area (Å²) in [6.45, 7) is 48.2. The van der Waals surface area contributed by atoms with Crippen molar-refractivity contribution in [3.05, 3.63) is 24.8 Å². The average Bonchev–Trinajstić information content (AvgIpc) is 2.77. The van der Waals surface area contributed by atoms with E-state index in [1.807, 2.05) is 0 Å². The largest absolute Gasteiger partial charge is 0.469 e. The summed E-state index contributed by atoms with van der Waals surface area (Å²) in [4.78, 5) is 22.8. The van der Waals surface area contributed by atoms with E-state index in [1.165, 1.54) is 6.08 Å². The van der Waals surface area contributed by atoms with Crippen molar-refractivity contribution in [2.45, 2.75) is 150 Å². The van der Waals surface area contributed by atoms with Gasteiger partial charge in [0.1, 0.15) is 0 Å². The minimum absolute atomic E-state index is 0.332. The van der Waals surface area contributed by atoms with Gasteiger partial charge in [-0.3, -0.25) is 0 Å². The van der Waals surface area contributed by atoms with Gasteiger partial charge in [-0.05, 0) is 138 Å². The summed E-state index contributed by atoms with van der Waals surface area (Å²) >= 11 is 0. The van der Waals surface area contributed by atoms with Gasteiger partial charge in [-0.25, -0.2) is 9.59 Å². The first-order valence-corrected chi connectivity index (χ1v) is 41.7. The molecular formula is C31H74O10Si8. The summed E-state index contributed by atoms with van der Waals surface area (Å²) in [5.74, 6) is -0.749. The number of hydrogen-bond donors (Lipinski definition) is 0. The summed E-state index contributed by atoms with van der Waals surface area (Å²) < 4.78 is 49.7. The maximum Gasteiger partial charge on any atom is 0.469 e. The molecule has 0 aromatic heterocycles. The first kappa shape index (κ1) is 51.0. The summed E-state index contributed by atoms with van der Waals surface area (Å²) in [6, 6.07) is 1.35. The zero-order valence-corrected chi connectivity index (χ0v) is 42.8. The highest BCUT2D eigenvalue weighted by Gasteiger charge is 2.50. The summed E-state index contributed by atoms with van der Waals surface area (Å²) in [5.41, 5.74) is 0.415.